The minimum atomic E-state index is -1.10. The summed E-state index contributed by atoms with van der Waals surface area (Å²) in [6.07, 6.45) is 2.52. The Kier molecular flexibility index (Phi) is 4.44. The lowest BCUT2D eigenvalue weighted by Crippen LogP contribution is -2.34. The highest BCUT2D eigenvalue weighted by atomic mass is 16.7. The minimum Gasteiger partial charge on any atom is -0.322 e. The monoisotopic (exact) mass is 368 g/mol. The second kappa shape index (κ2) is 6.60. The molecule has 0 spiro atoms. The van der Waals surface area contributed by atoms with Gasteiger partial charge in [-0.2, -0.15) is 0 Å². The molecule has 0 atom stereocenters. The van der Waals surface area contributed by atoms with Gasteiger partial charge >= 0.3 is 5.97 Å². The van der Waals surface area contributed by atoms with E-state index in [0.717, 1.165) is 0 Å². The third-order valence-electron chi connectivity index (χ3n) is 3.74. The Hall–Kier alpha value is -3.62. The normalized spacial score (nSPS) is 13.4. The summed E-state index contributed by atoms with van der Waals surface area (Å²) in [4.78, 5) is 61.9. The van der Waals surface area contributed by atoms with Gasteiger partial charge in [-0.3, -0.25) is 14.4 Å². The van der Waals surface area contributed by atoms with Crippen LogP contribution in [0.1, 0.15) is 52.0 Å². The molecule has 1 N–H and O–H groups in total. The molecule has 0 saturated heterocycles. The average Bonchev–Trinajstić information content (AvgIpc) is 2.86. The molecule has 0 aliphatic carbocycles. The fourth-order valence-corrected chi connectivity index (χ4v) is 2.25. The van der Waals surface area contributed by atoms with Crippen molar-refractivity contribution >= 4 is 29.5 Å². The summed E-state index contributed by atoms with van der Waals surface area (Å²) in [6.45, 7) is 5.07. The van der Waals surface area contributed by atoms with Crippen molar-refractivity contribution in [2.45, 2.75) is 20.8 Å². The van der Waals surface area contributed by atoms with Crippen LogP contribution >= 0.6 is 0 Å². The second-order valence-corrected chi connectivity index (χ2v) is 6.79. The van der Waals surface area contributed by atoms with E-state index in [1.54, 1.807) is 32.9 Å². The molecular formula is C18H16N4O5. The van der Waals surface area contributed by atoms with Gasteiger partial charge in [0.15, 0.2) is 11.5 Å². The second-order valence-electron chi connectivity index (χ2n) is 6.79. The summed E-state index contributed by atoms with van der Waals surface area (Å²) in [5.41, 5.74) is -0.792. The van der Waals surface area contributed by atoms with Crippen LogP contribution in [0.4, 0.5) is 5.82 Å². The lowest BCUT2D eigenvalue weighted by Gasteiger charge is -2.18. The van der Waals surface area contributed by atoms with Gasteiger partial charge in [0.25, 0.3) is 11.8 Å². The summed E-state index contributed by atoms with van der Waals surface area (Å²) in [6, 6.07) is 6.11. The molecule has 0 unspecified atom stereocenters. The van der Waals surface area contributed by atoms with Crippen LogP contribution in [0.5, 0.6) is 0 Å². The number of aromatic nitrogens is 2. The van der Waals surface area contributed by atoms with E-state index in [4.69, 9.17) is 4.84 Å². The quantitative estimate of drug-likeness (QED) is 0.821. The first-order chi connectivity index (χ1) is 12.7. The molecule has 0 saturated carbocycles. The van der Waals surface area contributed by atoms with Gasteiger partial charge in [-0.1, -0.05) is 38.0 Å². The van der Waals surface area contributed by atoms with Crippen LogP contribution in [-0.2, 0) is 9.63 Å². The molecule has 1 aliphatic heterocycles. The molecule has 1 aliphatic rings. The fourth-order valence-electron chi connectivity index (χ4n) is 2.25. The number of hydroxylamine groups is 2. The number of nitrogens with one attached hydrogen (secondary N) is 1. The zero-order chi connectivity index (χ0) is 19.8. The van der Waals surface area contributed by atoms with Crippen LogP contribution in [0.15, 0.2) is 36.7 Å². The number of carbonyl (C=O) groups excluding carboxylic acids is 4. The van der Waals surface area contributed by atoms with Crippen LogP contribution in [-0.4, -0.2) is 38.7 Å². The summed E-state index contributed by atoms with van der Waals surface area (Å²) in [5, 5.41) is 2.87. The number of benzene rings is 1. The van der Waals surface area contributed by atoms with Crippen molar-refractivity contribution in [3.05, 3.63) is 53.5 Å². The number of nitrogens with zero attached hydrogens (tertiary/aromatic N) is 3. The third-order valence-corrected chi connectivity index (χ3v) is 3.74. The van der Waals surface area contributed by atoms with Gasteiger partial charge < -0.3 is 10.2 Å². The van der Waals surface area contributed by atoms with Crippen molar-refractivity contribution in [3.63, 3.8) is 0 Å². The number of hydrogen-bond acceptors (Lipinski definition) is 7. The lowest BCUT2D eigenvalue weighted by atomic mass is 9.96. The topological polar surface area (TPSA) is 119 Å². The van der Waals surface area contributed by atoms with E-state index in [2.05, 4.69) is 15.3 Å². The molecule has 3 amide bonds. The van der Waals surface area contributed by atoms with E-state index in [-0.39, 0.29) is 22.6 Å². The molecule has 2 aromatic rings. The first-order valence-electron chi connectivity index (χ1n) is 8.02. The van der Waals surface area contributed by atoms with Crippen molar-refractivity contribution in [1.29, 1.82) is 0 Å². The predicted molar refractivity (Wildman–Crippen MR) is 92.5 cm³/mol. The summed E-state index contributed by atoms with van der Waals surface area (Å²) < 4.78 is 0. The van der Waals surface area contributed by atoms with Crippen LogP contribution in [0.3, 0.4) is 0 Å². The average molecular weight is 368 g/mol. The van der Waals surface area contributed by atoms with Gasteiger partial charge in [-0.15, -0.1) is 0 Å². The van der Waals surface area contributed by atoms with Gasteiger partial charge in [0.05, 0.1) is 11.1 Å². The first-order valence-corrected chi connectivity index (χ1v) is 8.02. The number of rotatable bonds is 3. The van der Waals surface area contributed by atoms with Crippen molar-refractivity contribution in [2.75, 3.05) is 5.32 Å². The number of amides is 3. The SMILES string of the molecule is CC(C)(C)C(=O)Nc1nccnc1C(=O)ON1C(=O)c2ccccc2C1=O. The number of hydrogen-bond donors (Lipinski definition) is 1. The lowest BCUT2D eigenvalue weighted by molar-refractivity contribution is -0.123. The van der Waals surface area contributed by atoms with Gasteiger partial charge in [0.2, 0.25) is 5.91 Å². The molecule has 9 nitrogen and oxygen atoms in total. The van der Waals surface area contributed by atoms with Crippen LogP contribution in [0, 0.1) is 5.41 Å². The van der Waals surface area contributed by atoms with Crippen molar-refractivity contribution in [3.8, 4) is 0 Å². The Balaban J connectivity index is 1.83. The maximum atomic E-state index is 12.5. The molecule has 0 fully saturated rings. The van der Waals surface area contributed by atoms with Gasteiger partial charge in [-0.25, -0.2) is 14.8 Å². The van der Waals surface area contributed by atoms with Crippen LogP contribution in [0.2, 0.25) is 0 Å². The summed E-state index contributed by atoms with van der Waals surface area (Å²) >= 11 is 0. The molecular weight excluding hydrogens is 352 g/mol. The van der Waals surface area contributed by atoms with Crippen LogP contribution in [0.25, 0.3) is 0 Å². The van der Waals surface area contributed by atoms with Gasteiger partial charge in [0.1, 0.15) is 0 Å². The molecule has 0 radical (unpaired) electrons. The van der Waals surface area contributed by atoms with Gasteiger partial charge in [-0.05, 0) is 12.1 Å². The highest BCUT2D eigenvalue weighted by molar-refractivity contribution is 6.21. The maximum Gasteiger partial charge on any atom is 0.385 e. The number of fused-ring (bicyclic) bond motifs is 1. The van der Waals surface area contributed by atoms with E-state index in [1.807, 2.05) is 0 Å². The number of anilines is 1. The largest absolute Gasteiger partial charge is 0.385 e. The van der Waals surface area contributed by atoms with E-state index >= 15 is 0 Å². The van der Waals surface area contributed by atoms with E-state index in [9.17, 15) is 19.2 Å². The Morgan fingerprint density at radius 1 is 1.00 bits per heavy atom. The van der Waals surface area contributed by atoms with E-state index in [0.29, 0.717) is 5.06 Å². The maximum absolute atomic E-state index is 12.5. The Bertz CT molecular complexity index is 929. The highest BCUT2D eigenvalue weighted by Gasteiger charge is 2.39. The third kappa shape index (κ3) is 3.39. The predicted octanol–water partition coefficient (Wildman–Crippen LogP) is 1.83. The number of carbonyl (C=O) groups is 4. The molecule has 27 heavy (non-hydrogen) atoms. The Labute approximate surface area is 154 Å². The first kappa shape index (κ1) is 18.2. The fraction of sp³-hybridized carbons (Fsp3) is 0.222. The Morgan fingerprint density at radius 3 is 2.11 bits per heavy atom. The molecule has 3 rings (SSSR count). The molecule has 2 heterocycles. The smallest absolute Gasteiger partial charge is 0.322 e. The Morgan fingerprint density at radius 2 is 1.56 bits per heavy atom. The van der Waals surface area contributed by atoms with E-state index < -0.39 is 29.1 Å². The highest BCUT2D eigenvalue weighted by Crippen LogP contribution is 2.24. The van der Waals surface area contributed by atoms with E-state index in [1.165, 1.54) is 24.5 Å². The molecule has 0 bridgehead atoms. The molecule has 1 aromatic heterocycles. The number of imide groups is 1. The molecule has 1 aromatic carbocycles. The summed E-state index contributed by atoms with van der Waals surface area (Å²) in [5.74, 6) is -3.13. The van der Waals surface area contributed by atoms with Crippen molar-refractivity contribution in [2.24, 2.45) is 5.41 Å². The zero-order valence-corrected chi connectivity index (χ0v) is 14.8. The van der Waals surface area contributed by atoms with Crippen molar-refractivity contribution < 1.29 is 24.0 Å². The molecule has 138 valence electrons. The summed E-state index contributed by atoms with van der Waals surface area (Å²) in [7, 11) is 0. The van der Waals surface area contributed by atoms with Gasteiger partial charge in [0, 0.05) is 17.8 Å². The van der Waals surface area contributed by atoms with Crippen molar-refractivity contribution in [1.82, 2.24) is 15.0 Å². The zero-order valence-electron chi connectivity index (χ0n) is 14.8. The standard InChI is InChI=1S/C18H16N4O5/c1-18(2,3)17(26)21-13-12(19-8-9-20-13)16(25)27-22-14(23)10-6-4-5-7-11(10)15(22)24/h4-9H,1-3H3,(H,20,21,26). The van der Waals surface area contributed by atoms with Crippen LogP contribution < -0.4 is 5.32 Å². The molecule has 9 heteroatoms. The minimum absolute atomic E-state index is 0.126.